The second kappa shape index (κ2) is 44.2. The molecule has 0 saturated heterocycles. The second-order valence-corrected chi connectivity index (χ2v) is 20.2. The van der Waals surface area contributed by atoms with Crippen molar-refractivity contribution in [1.29, 1.82) is 5.26 Å². The molecule has 0 saturated carbocycles. The summed E-state index contributed by atoms with van der Waals surface area (Å²) in [4.78, 5) is 69.1. The van der Waals surface area contributed by atoms with Crippen LogP contribution in [0.1, 0.15) is 124 Å². The average Bonchev–Trinajstić information content (AvgIpc) is 3.48. The van der Waals surface area contributed by atoms with Gasteiger partial charge in [0.1, 0.15) is 23.0 Å². The first-order chi connectivity index (χ1) is 39.2. The number of nitrogens with zero attached hydrogens (tertiary/aromatic N) is 4. The summed E-state index contributed by atoms with van der Waals surface area (Å²) in [7, 11) is 1.68. The van der Waals surface area contributed by atoms with Crippen LogP contribution >= 0.6 is 11.8 Å². The third kappa shape index (κ3) is 34.6. The monoisotopic (exact) mass is 1150 g/mol. The lowest BCUT2D eigenvalue weighted by Crippen LogP contribution is -2.22. The number of esters is 5. The Hall–Kier alpha value is -7.49. The number of benzene rings is 1. The van der Waals surface area contributed by atoms with Crippen molar-refractivity contribution in [2.75, 3.05) is 46.0 Å². The molecule has 448 valence electrons. The summed E-state index contributed by atoms with van der Waals surface area (Å²) >= 11 is 1.47. The van der Waals surface area contributed by atoms with Gasteiger partial charge in [-0.15, -0.1) is 11.8 Å². The van der Waals surface area contributed by atoms with Crippen molar-refractivity contribution in [3.8, 4) is 6.07 Å². The summed E-state index contributed by atoms with van der Waals surface area (Å²) in [5.74, 6) is -3.11. The van der Waals surface area contributed by atoms with E-state index in [1.807, 2.05) is 24.3 Å². The number of carbonyl (C=O) groups excluding carboxylic acids is 5. The van der Waals surface area contributed by atoms with Gasteiger partial charge in [0.15, 0.2) is 0 Å². The molecule has 82 heavy (non-hydrogen) atoms. The van der Waals surface area contributed by atoms with Crippen molar-refractivity contribution in [3.63, 3.8) is 0 Å². The van der Waals surface area contributed by atoms with Gasteiger partial charge in [-0.1, -0.05) is 78.5 Å². The number of aliphatic imine (C=N–C) groups is 1. The Labute approximate surface area is 491 Å². The normalized spacial score (nSPS) is 12.7. The van der Waals surface area contributed by atoms with E-state index in [4.69, 9.17) is 48.3 Å². The Morgan fingerprint density at radius 3 is 1.74 bits per heavy atom. The molecular weight excluding hydrogens is 1060 g/mol. The summed E-state index contributed by atoms with van der Waals surface area (Å²) in [5, 5.41) is 15.7. The van der Waals surface area contributed by atoms with Crippen molar-refractivity contribution in [2.24, 2.45) is 21.9 Å². The lowest BCUT2D eigenvalue weighted by Gasteiger charge is -2.20. The standard InChI is InChI=1S/C64H88N4O13S/c1-14-60(69)77-43-27-18-17-26-42-76-51(6)36-37-54(9)79-62(71)48(3)32-35-53(8)80-64(73)56(11)57(45-67-68(39-23-19-22-38-65)46-82-59-29-21-20-28-58(59)66-12)44-55(10)81-63(72)49(4)31-34-52(7)78-61(70)47(2)30-33-50(5)75-41-25-16-15-24-40-74-13/h14,20-21,28-30,33,36-37,44-45,48-49,52-53H,1-2,5-6,9-12,15-19,22-27,31-32,34-35,39-43,46H2,3-4,7-8,13H3/b33-30-,37-36-,57-44-,67-45+/t48?,49?,52-,53-/m0/s1. The predicted octanol–water partition coefficient (Wildman–Crippen LogP) is 13.6. The molecule has 0 amide bonds. The van der Waals surface area contributed by atoms with Crippen molar-refractivity contribution >= 4 is 60.2 Å². The largest absolute Gasteiger partial charge is 0.494 e. The smallest absolute Gasteiger partial charge is 0.338 e. The maximum Gasteiger partial charge on any atom is 0.338 e. The van der Waals surface area contributed by atoms with Crippen LogP contribution < -0.4 is 0 Å². The van der Waals surface area contributed by atoms with E-state index in [2.05, 4.69) is 63.8 Å². The number of para-hydroxylation sites is 1. The zero-order valence-electron chi connectivity index (χ0n) is 49.2. The number of unbranched alkanes of at least 4 members (excludes halogenated alkanes) is 8. The number of rotatable bonds is 47. The van der Waals surface area contributed by atoms with E-state index < -0.39 is 53.9 Å². The van der Waals surface area contributed by atoms with E-state index in [0.29, 0.717) is 94.4 Å². The van der Waals surface area contributed by atoms with Gasteiger partial charge in [-0.25, -0.2) is 14.4 Å². The van der Waals surface area contributed by atoms with E-state index >= 15 is 0 Å². The minimum atomic E-state index is -0.790. The first kappa shape index (κ1) is 72.5. The Bertz CT molecular complexity index is 2470. The van der Waals surface area contributed by atoms with Crippen molar-refractivity contribution in [2.45, 2.75) is 141 Å². The Kier molecular flexibility index (Phi) is 39.1. The van der Waals surface area contributed by atoms with Crippen LogP contribution in [-0.2, 0) is 61.9 Å². The van der Waals surface area contributed by atoms with Gasteiger partial charge in [-0.3, -0.25) is 19.6 Å². The highest BCUT2D eigenvalue weighted by molar-refractivity contribution is 7.99. The SMILES string of the molecule is C=CC(=O)OCCCCCCOC(=C)/C=C\C(=C)OC(=O)C(C)CC[C@H](C)OC(=O)C(=C)C(/C=N/N(CCCCC#N)CSc1ccccc1N=C)=C\C(=C)OC(=O)C(C)CC[C@H](C)OC(=O)C(=C)/C=C\C(=C)OCCCCCCOC. The molecule has 1 aromatic rings. The maximum absolute atomic E-state index is 13.8. The first-order valence-corrected chi connectivity index (χ1v) is 28.7. The van der Waals surface area contributed by atoms with E-state index in [-0.39, 0.29) is 28.2 Å². The number of hydrazone groups is 1. The van der Waals surface area contributed by atoms with Crippen molar-refractivity contribution < 1.29 is 61.9 Å². The fourth-order valence-corrected chi connectivity index (χ4v) is 7.88. The minimum absolute atomic E-state index is 0.0942. The Morgan fingerprint density at radius 2 is 1.18 bits per heavy atom. The zero-order chi connectivity index (χ0) is 61.1. The predicted molar refractivity (Wildman–Crippen MR) is 324 cm³/mol. The molecule has 0 aliphatic carbocycles. The number of thioether (sulfide) groups is 1. The van der Waals surface area contributed by atoms with Crippen LogP contribution in [0.25, 0.3) is 0 Å². The number of methoxy groups -OCH3 is 1. The molecule has 1 rings (SSSR count). The third-order valence-electron chi connectivity index (χ3n) is 12.0. The maximum atomic E-state index is 13.8. The summed E-state index contributed by atoms with van der Waals surface area (Å²) in [6.07, 6.45) is 18.8. The second-order valence-electron chi connectivity index (χ2n) is 19.2. The molecule has 18 heteroatoms. The molecular formula is C64H88N4O13S. The van der Waals surface area contributed by atoms with Gasteiger partial charge in [-0.05, 0) is 147 Å². The summed E-state index contributed by atoms with van der Waals surface area (Å²) in [5.41, 5.74) is 0.838. The highest BCUT2D eigenvalue weighted by Gasteiger charge is 2.23. The van der Waals surface area contributed by atoms with Crippen LogP contribution in [-0.4, -0.2) is 106 Å². The zero-order valence-corrected chi connectivity index (χ0v) is 50.0. The molecule has 0 fully saturated rings. The molecule has 0 heterocycles. The van der Waals surface area contributed by atoms with Crippen LogP contribution in [0.2, 0.25) is 0 Å². The lowest BCUT2D eigenvalue weighted by molar-refractivity contribution is -0.146. The summed E-state index contributed by atoms with van der Waals surface area (Å²) in [6.45, 7) is 39.6. The topological polar surface area (TPSA) is 211 Å². The highest BCUT2D eigenvalue weighted by Crippen LogP contribution is 2.30. The van der Waals surface area contributed by atoms with Gasteiger partial charge in [0.05, 0.1) is 78.9 Å². The fraction of sp³-hybridized carbons (Fsp3) is 0.469. The molecule has 4 atom stereocenters. The van der Waals surface area contributed by atoms with Gasteiger partial charge in [0, 0.05) is 43.2 Å². The van der Waals surface area contributed by atoms with E-state index in [9.17, 15) is 24.0 Å². The average molecular weight is 1150 g/mol. The van der Waals surface area contributed by atoms with Crippen LogP contribution in [0.4, 0.5) is 5.69 Å². The molecule has 0 aromatic heterocycles. The molecule has 0 aliphatic heterocycles. The van der Waals surface area contributed by atoms with Crippen LogP contribution in [0.15, 0.2) is 162 Å². The van der Waals surface area contributed by atoms with Crippen molar-refractivity contribution in [3.05, 3.63) is 147 Å². The molecule has 0 spiro atoms. The lowest BCUT2D eigenvalue weighted by atomic mass is 10.0. The van der Waals surface area contributed by atoms with Gasteiger partial charge < -0.3 is 37.9 Å². The van der Waals surface area contributed by atoms with Crippen LogP contribution in [0, 0.1) is 23.2 Å². The fourth-order valence-electron chi connectivity index (χ4n) is 6.95. The quantitative estimate of drug-likeness (QED) is 0.00567. The molecule has 1 aromatic carbocycles. The first-order valence-electron chi connectivity index (χ1n) is 27.7. The van der Waals surface area contributed by atoms with Gasteiger partial charge in [0.25, 0.3) is 0 Å². The number of carbonyl (C=O) groups is 5. The number of ether oxygens (including phenoxy) is 8. The number of allylic oxidation sites excluding steroid dienone is 4. The van der Waals surface area contributed by atoms with Crippen LogP contribution in [0.3, 0.4) is 0 Å². The summed E-state index contributed by atoms with van der Waals surface area (Å²) < 4.78 is 43.8. The molecule has 0 N–H and O–H groups in total. The van der Waals surface area contributed by atoms with Gasteiger partial charge in [0.2, 0.25) is 0 Å². The molecule has 0 bridgehead atoms. The minimum Gasteiger partial charge on any atom is -0.494 e. The molecule has 0 radical (unpaired) electrons. The Morgan fingerprint density at radius 1 is 0.659 bits per heavy atom. The van der Waals surface area contributed by atoms with E-state index in [1.165, 1.54) is 36.2 Å². The number of hydrogen-bond donors (Lipinski definition) is 0. The van der Waals surface area contributed by atoms with Gasteiger partial charge >= 0.3 is 29.8 Å². The van der Waals surface area contributed by atoms with E-state index in [1.54, 1.807) is 52.0 Å². The molecule has 0 aliphatic rings. The highest BCUT2D eigenvalue weighted by atomic mass is 32.2. The van der Waals surface area contributed by atoms with E-state index in [0.717, 1.165) is 68.9 Å². The Balaban J connectivity index is 3.03. The number of nitriles is 1. The van der Waals surface area contributed by atoms with Crippen molar-refractivity contribution in [1.82, 2.24) is 5.01 Å². The van der Waals surface area contributed by atoms with Gasteiger partial charge in [-0.2, -0.15) is 10.4 Å². The number of hydrogen-bond acceptors (Lipinski definition) is 18. The molecule has 17 nitrogen and oxygen atoms in total. The third-order valence-corrected chi connectivity index (χ3v) is 13.1. The summed E-state index contributed by atoms with van der Waals surface area (Å²) in [6, 6.07) is 9.68. The van der Waals surface area contributed by atoms with Crippen LogP contribution in [0.5, 0.6) is 0 Å². The molecule has 2 unspecified atom stereocenters.